The third-order valence-electron chi connectivity index (χ3n) is 5.33. The van der Waals surface area contributed by atoms with Gasteiger partial charge in [0.1, 0.15) is 5.82 Å². The summed E-state index contributed by atoms with van der Waals surface area (Å²) in [6, 6.07) is 6.94. The van der Waals surface area contributed by atoms with Gasteiger partial charge in [-0.2, -0.15) is 0 Å². The van der Waals surface area contributed by atoms with Crippen molar-refractivity contribution in [1.82, 2.24) is 15.1 Å². The minimum atomic E-state index is -0.203. The molecule has 144 valence electrons. The van der Waals surface area contributed by atoms with Gasteiger partial charge in [-0.15, -0.1) is 0 Å². The van der Waals surface area contributed by atoms with Gasteiger partial charge < -0.3 is 15.0 Å². The predicted octanol–water partition coefficient (Wildman–Crippen LogP) is 2.02. The van der Waals surface area contributed by atoms with Gasteiger partial charge in [-0.05, 0) is 43.5 Å². The van der Waals surface area contributed by atoms with E-state index in [1.807, 2.05) is 0 Å². The molecule has 5 nitrogen and oxygen atoms in total. The van der Waals surface area contributed by atoms with Gasteiger partial charge in [0.2, 0.25) is 5.91 Å². The summed E-state index contributed by atoms with van der Waals surface area (Å²) in [4.78, 5) is 16.7. The highest BCUT2D eigenvalue weighted by atomic mass is 19.1. The van der Waals surface area contributed by atoms with Gasteiger partial charge in [0.15, 0.2) is 0 Å². The fourth-order valence-corrected chi connectivity index (χ4v) is 3.79. The van der Waals surface area contributed by atoms with Crippen molar-refractivity contribution in [2.45, 2.75) is 38.3 Å². The summed E-state index contributed by atoms with van der Waals surface area (Å²) in [7, 11) is 0. The van der Waals surface area contributed by atoms with Crippen molar-refractivity contribution in [3.8, 4) is 0 Å². The maximum atomic E-state index is 12.9. The molecule has 1 amide bonds. The number of likely N-dealkylation sites (tertiary alicyclic amines) is 1. The molecule has 26 heavy (non-hydrogen) atoms. The molecule has 2 aliphatic rings. The van der Waals surface area contributed by atoms with Crippen molar-refractivity contribution in [1.29, 1.82) is 0 Å². The lowest BCUT2D eigenvalue weighted by molar-refractivity contribution is -0.129. The number of ether oxygens (including phenoxy) is 1. The molecule has 2 heterocycles. The molecule has 0 spiro atoms. The summed E-state index contributed by atoms with van der Waals surface area (Å²) in [5, 5.41) is 3.41. The highest BCUT2D eigenvalue weighted by molar-refractivity contribution is 5.78. The fraction of sp³-hybridized carbons (Fsp3) is 0.650. The van der Waals surface area contributed by atoms with Crippen LogP contribution in [-0.4, -0.2) is 67.7 Å². The standard InChI is InChI=1S/C20H30FN3O2/c21-18-4-2-17(3-5-18)16-22-9-8-19-6-7-20(25)24(19)11-1-10-23-12-14-26-15-13-23/h2-5,19,22H,1,6-16H2. The lowest BCUT2D eigenvalue weighted by Crippen LogP contribution is -2.40. The van der Waals surface area contributed by atoms with Crippen LogP contribution in [-0.2, 0) is 16.1 Å². The Labute approximate surface area is 155 Å². The molecule has 0 aliphatic carbocycles. The van der Waals surface area contributed by atoms with Crippen LogP contribution in [0.5, 0.6) is 0 Å². The molecule has 2 aliphatic heterocycles. The maximum absolute atomic E-state index is 12.9. The molecule has 3 rings (SSSR count). The Hall–Kier alpha value is -1.50. The topological polar surface area (TPSA) is 44.8 Å². The van der Waals surface area contributed by atoms with Crippen LogP contribution in [0.15, 0.2) is 24.3 Å². The van der Waals surface area contributed by atoms with E-state index < -0.39 is 0 Å². The third kappa shape index (κ3) is 5.76. The van der Waals surface area contributed by atoms with E-state index in [2.05, 4.69) is 15.1 Å². The van der Waals surface area contributed by atoms with Crippen molar-refractivity contribution >= 4 is 5.91 Å². The summed E-state index contributed by atoms with van der Waals surface area (Å²) >= 11 is 0. The molecule has 1 atom stereocenters. The highest BCUT2D eigenvalue weighted by Gasteiger charge is 2.29. The van der Waals surface area contributed by atoms with Crippen LogP contribution >= 0.6 is 0 Å². The normalized spacial score (nSPS) is 21.5. The van der Waals surface area contributed by atoms with Crippen LogP contribution in [0, 0.1) is 5.82 Å². The molecule has 6 heteroatoms. The lowest BCUT2D eigenvalue weighted by atomic mass is 10.1. The highest BCUT2D eigenvalue weighted by Crippen LogP contribution is 2.21. The Kier molecular flexibility index (Phi) is 7.41. The molecule has 2 fully saturated rings. The molecular weight excluding hydrogens is 333 g/mol. The second-order valence-electron chi connectivity index (χ2n) is 7.18. The Morgan fingerprint density at radius 1 is 1.15 bits per heavy atom. The number of carbonyl (C=O) groups is 1. The number of amides is 1. The van der Waals surface area contributed by atoms with E-state index in [0.717, 1.165) is 77.3 Å². The van der Waals surface area contributed by atoms with E-state index in [9.17, 15) is 9.18 Å². The second kappa shape index (κ2) is 10.00. The van der Waals surface area contributed by atoms with E-state index >= 15 is 0 Å². The van der Waals surface area contributed by atoms with Crippen molar-refractivity contribution in [2.24, 2.45) is 0 Å². The van der Waals surface area contributed by atoms with Crippen LogP contribution in [0.1, 0.15) is 31.2 Å². The van der Waals surface area contributed by atoms with Crippen LogP contribution < -0.4 is 5.32 Å². The zero-order valence-corrected chi connectivity index (χ0v) is 15.5. The van der Waals surface area contributed by atoms with Gasteiger partial charge in [0.05, 0.1) is 13.2 Å². The molecule has 1 N–H and O–H groups in total. The average Bonchev–Trinajstić information content (AvgIpc) is 3.01. The van der Waals surface area contributed by atoms with Crippen molar-refractivity contribution in [2.75, 3.05) is 45.9 Å². The monoisotopic (exact) mass is 363 g/mol. The maximum Gasteiger partial charge on any atom is 0.222 e. The van der Waals surface area contributed by atoms with Crippen molar-refractivity contribution in [3.05, 3.63) is 35.6 Å². The Bertz CT molecular complexity index is 561. The van der Waals surface area contributed by atoms with Crippen LogP contribution in [0.3, 0.4) is 0 Å². The largest absolute Gasteiger partial charge is 0.379 e. The van der Waals surface area contributed by atoms with E-state index in [1.165, 1.54) is 12.1 Å². The number of morpholine rings is 1. The zero-order valence-electron chi connectivity index (χ0n) is 15.5. The number of hydrogen-bond acceptors (Lipinski definition) is 4. The Morgan fingerprint density at radius 3 is 2.69 bits per heavy atom. The third-order valence-corrected chi connectivity index (χ3v) is 5.33. The van der Waals surface area contributed by atoms with E-state index in [0.29, 0.717) is 18.4 Å². The summed E-state index contributed by atoms with van der Waals surface area (Å²) < 4.78 is 18.3. The second-order valence-corrected chi connectivity index (χ2v) is 7.18. The number of hydrogen-bond donors (Lipinski definition) is 1. The zero-order chi connectivity index (χ0) is 18.2. The minimum absolute atomic E-state index is 0.203. The number of rotatable bonds is 9. The number of benzene rings is 1. The smallest absolute Gasteiger partial charge is 0.222 e. The summed E-state index contributed by atoms with van der Waals surface area (Å²) in [5.74, 6) is 0.0986. The van der Waals surface area contributed by atoms with Crippen LogP contribution in [0.2, 0.25) is 0 Å². The fourth-order valence-electron chi connectivity index (χ4n) is 3.79. The molecular formula is C20H30FN3O2. The molecule has 0 bridgehead atoms. The molecule has 0 saturated carbocycles. The van der Waals surface area contributed by atoms with E-state index in [1.54, 1.807) is 12.1 Å². The predicted molar refractivity (Wildman–Crippen MR) is 99.3 cm³/mol. The summed E-state index contributed by atoms with van der Waals surface area (Å²) in [6.45, 7) is 7.17. The first-order chi connectivity index (χ1) is 12.7. The number of nitrogens with one attached hydrogen (secondary N) is 1. The van der Waals surface area contributed by atoms with Crippen molar-refractivity contribution in [3.63, 3.8) is 0 Å². The van der Waals surface area contributed by atoms with Gasteiger partial charge in [-0.3, -0.25) is 9.69 Å². The van der Waals surface area contributed by atoms with E-state index in [-0.39, 0.29) is 5.82 Å². The Balaban J connectivity index is 1.34. The SMILES string of the molecule is O=C1CCC(CCNCc2ccc(F)cc2)N1CCCN1CCOCC1. The molecule has 1 unspecified atom stereocenters. The van der Waals surface area contributed by atoms with Gasteiger partial charge in [-0.25, -0.2) is 4.39 Å². The molecule has 1 aromatic carbocycles. The quantitative estimate of drug-likeness (QED) is 0.682. The number of halogens is 1. The molecule has 2 saturated heterocycles. The van der Waals surface area contributed by atoms with Gasteiger partial charge >= 0.3 is 0 Å². The van der Waals surface area contributed by atoms with Crippen LogP contribution in [0.4, 0.5) is 4.39 Å². The minimum Gasteiger partial charge on any atom is -0.379 e. The summed E-state index contributed by atoms with van der Waals surface area (Å²) in [6.07, 6.45) is 3.66. The molecule has 0 aromatic heterocycles. The first-order valence-electron chi connectivity index (χ1n) is 9.77. The molecule has 0 radical (unpaired) electrons. The van der Waals surface area contributed by atoms with Crippen molar-refractivity contribution < 1.29 is 13.9 Å². The Morgan fingerprint density at radius 2 is 1.92 bits per heavy atom. The number of nitrogens with zero attached hydrogens (tertiary/aromatic N) is 2. The lowest BCUT2D eigenvalue weighted by Gasteiger charge is -2.29. The van der Waals surface area contributed by atoms with Crippen LogP contribution in [0.25, 0.3) is 0 Å². The average molecular weight is 363 g/mol. The first kappa shape index (κ1) is 19.3. The first-order valence-corrected chi connectivity index (χ1v) is 9.77. The van der Waals surface area contributed by atoms with Gasteiger partial charge in [0.25, 0.3) is 0 Å². The van der Waals surface area contributed by atoms with E-state index in [4.69, 9.17) is 4.74 Å². The number of carbonyl (C=O) groups excluding carboxylic acids is 1. The van der Waals surface area contributed by atoms with Gasteiger partial charge in [-0.1, -0.05) is 12.1 Å². The van der Waals surface area contributed by atoms with Gasteiger partial charge in [0, 0.05) is 45.2 Å². The summed E-state index contributed by atoms with van der Waals surface area (Å²) in [5.41, 5.74) is 1.08. The molecule has 1 aromatic rings.